The number of urea groups is 1. The van der Waals surface area contributed by atoms with E-state index in [2.05, 4.69) is 10.5 Å². The molecule has 0 bridgehead atoms. The number of benzene rings is 1. The minimum atomic E-state index is -0.675. The molecule has 0 aliphatic rings. The number of hydrazone groups is 1. The molecule has 16 heavy (non-hydrogen) atoms. The lowest BCUT2D eigenvalue weighted by molar-refractivity contribution is 0.249. The van der Waals surface area contributed by atoms with Crippen LogP contribution >= 0.6 is 0 Å². The predicted octanol–water partition coefficient (Wildman–Crippen LogP) is 1.40. The Kier molecular flexibility index (Phi) is 3.88. The summed E-state index contributed by atoms with van der Waals surface area (Å²) < 4.78 is 5.10. The summed E-state index contributed by atoms with van der Waals surface area (Å²) in [5, 5.41) is 3.86. The van der Waals surface area contributed by atoms with E-state index in [-0.39, 0.29) is 0 Å². The highest BCUT2D eigenvalue weighted by Gasteiger charge is 2.03. The second-order valence-corrected chi connectivity index (χ2v) is 3.35. The number of methoxy groups -OCH3 is 1. The van der Waals surface area contributed by atoms with Gasteiger partial charge in [0.15, 0.2) is 0 Å². The summed E-state index contributed by atoms with van der Waals surface area (Å²) >= 11 is 0. The molecule has 0 unspecified atom stereocenters. The number of nitrogens with zero attached hydrogens (tertiary/aromatic N) is 1. The molecular weight excluding hydrogens is 206 g/mol. The molecule has 0 saturated carbocycles. The maximum absolute atomic E-state index is 10.5. The lowest BCUT2D eigenvalue weighted by Crippen LogP contribution is -2.25. The first-order valence-electron chi connectivity index (χ1n) is 4.79. The number of aryl methyl sites for hydroxylation is 1. The monoisotopic (exact) mass is 221 g/mol. The maximum Gasteiger partial charge on any atom is 0.332 e. The van der Waals surface area contributed by atoms with Gasteiger partial charge in [0, 0.05) is 5.56 Å². The van der Waals surface area contributed by atoms with Crippen molar-refractivity contribution in [1.82, 2.24) is 5.43 Å². The van der Waals surface area contributed by atoms with Crippen molar-refractivity contribution in [1.29, 1.82) is 0 Å². The molecule has 1 rings (SSSR count). The average molecular weight is 221 g/mol. The molecule has 0 aliphatic heterocycles. The zero-order chi connectivity index (χ0) is 12.1. The number of hydrogen-bond donors (Lipinski definition) is 2. The van der Waals surface area contributed by atoms with Gasteiger partial charge in [-0.2, -0.15) is 5.10 Å². The number of carbonyl (C=O) groups excluding carboxylic acids is 1. The molecule has 3 N–H and O–H groups in total. The standard InChI is InChI=1S/C11H15N3O2/c1-7-6-9(16-3)4-5-10(7)8(2)13-14-11(12)15/h4-6H,1-3H3,(H3,12,14,15). The highest BCUT2D eigenvalue weighted by Crippen LogP contribution is 2.17. The van der Waals surface area contributed by atoms with Crippen molar-refractivity contribution >= 4 is 11.7 Å². The highest BCUT2D eigenvalue weighted by molar-refractivity contribution is 6.00. The van der Waals surface area contributed by atoms with Gasteiger partial charge in [-0.05, 0) is 37.6 Å². The van der Waals surface area contributed by atoms with E-state index in [0.717, 1.165) is 16.9 Å². The van der Waals surface area contributed by atoms with E-state index in [4.69, 9.17) is 10.5 Å². The highest BCUT2D eigenvalue weighted by atomic mass is 16.5. The molecule has 0 radical (unpaired) electrons. The number of nitrogens with two attached hydrogens (primary N) is 1. The van der Waals surface area contributed by atoms with Crippen LogP contribution in [0.3, 0.4) is 0 Å². The summed E-state index contributed by atoms with van der Waals surface area (Å²) in [6.07, 6.45) is 0. The molecule has 0 aliphatic carbocycles. The normalized spacial score (nSPS) is 11.1. The molecule has 0 heterocycles. The molecule has 1 aromatic carbocycles. The average Bonchev–Trinajstić information content (AvgIpc) is 2.25. The Morgan fingerprint density at radius 1 is 1.50 bits per heavy atom. The summed E-state index contributed by atoms with van der Waals surface area (Å²) in [4.78, 5) is 10.5. The van der Waals surface area contributed by atoms with Crippen LogP contribution in [-0.2, 0) is 0 Å². The molecule has 0 saturated heterocycles. The summed E-state index contributed by atoms with van der Waals surface area (Å²) in [6, 6.07) is 4.95. The van der Waals surface area contributed by atoms with E-state index in [1.54, 1.807) is 14.0 Å². The van der Waals surface area contributed by atoms with Crippen molar-refractivity contribution in [2.45, 2.75) is 13.8 Å². The molecule has 2 amide bonds. The summed E-state index contributed by atoms with van der Waals surface area (Å²) in [5.74, 6) is 0.789. The second-order valence-electron chi connectivity index (χ2n) is 3.35. The summed E-state index contributed by atoms with van der Waals surface area (Å²) in [7, 11) is 1.62. The summed E-state index contributed by atoms with van der Waals surface area (Å²) in [6.45, 7) is 3.74. The minimum absolute atomic E-state index is 0.675. The van der Waals surface area contributed by atoms with Crippen molar-refractivity contribution < 1.29 is 9.53 Å². The van der Waals surface area contributed by atoms with Crippen LogP contribution < -0.4 is 15.9 Å². The zero-order valence-corrected chi connectivity index (χ0v) is 9.57. The van der Waals surface area contributed by atoms with E-state index in [0.29, 0.717) is 5.71 Å². The van der Waals surface area contributed by atoms with Crippen molar-refractivity contribution in [3.05, 3.63) is 29.3 Å². The Balaban J connectivity index is 2.95. The van der Waals surface area contributed by atoms with Crippen LogP contribution in [0.1, 0.15) is 18.1 Å². The number of rotatable bonds is 3. The van der Waals surface area contributed by atoms with Gasteiger partial charge >= 0.3 is 6.03 Å². The summed E-state index contributed by atoms with van der Waals surface area (Å²) in [5.41, 5.74) is 9.77. The fourth-order valence-electron chi connectivity index (χ4n) is 1.37. The Labute approximate surface area is 94.3 Å². The number of amides is 2. The van der Waals surface area contributed by atoms with Crippen LogP contribution in [-0.4, -0.2) is 18.9 Å². The fourth-order valence-corrected chi connectivity index (χ4v) is 1.37. The quantitative estimate of drug-likeness (QED) is 0.597. The number of hydrogen-bond acceptors (Lipinski definition) is 3. The van der Waals surface area contributed by atoms with Crippen molar-refractivity contribution in [3.63, 3.8) is 0 Å². The molecular formula is C11H15N3O2. The second kappa shape index (κ2) is 5.16. The number of ether oxygens (including phenoxy) is 1. The van der Waals surface area contributed by atoms with Gasteiger partial charge in [0.05, 0.1) is 12.8 Å². The third-order valence-corrected chi connectivity index (χ3v) is 2.16. The van der Waals surface area contributed by atoms with Crippen LogP contribution in [0, 0.1) is 6.92 Å². The molecule has 0 atom stereocenters. The molecule has 1 aromatic rings. The first-order chi connectivity index (χ1) is 7.54. The lowest BCUT2D eigenvalue weighted by Gasteiger charge is -2.07. The van der Waals surface area contributed by atoms with E-state index < -0.39 is 6.03 Å². The molecule has 0 fully saturated rings. The Bertz CT molecular complexity index is 427. The van der Waals surface area contributed by atoms with Gasteiger partial charge < -0.3 is 10.5 Å². The number of nitrogens with one attached hydrogen (secondary N) is 1. The Morgan fingerprint density at radius 2 is 2.19 bits per heavy atom. The van der Waals surface area contributed by atoms with E-state index >= 15 is 0 Å². The van der Waals surface area contributed by atoms with Gasteiger partial charge in [0.1, 0.15) is 5.75 Å². The molecule has 5 heteroatoms. The Hall–Kier alpha value is -2.04. The van der Waals surface area contributed by atoms with E-state index in [9.17, 15) is 4.79 Å². The SMILES string of the molecule is COc1ccc(C(C)=NNC(N)=O)c(C)c1. The number of carbonyl (C=O) groups is 1. The molecule has 86 valence electrons. The zero-order valence-electron chi connectivity index (χ0n) is 9.57. The van der Waals surface area contributed by atoms with Crippen molar-refractivity contribution in [3.8, 4) is 5.75 Å². The van der Waals surface area contributed by atoms with Crippen LogP contribution in [0.4, 0.5) is 4.79 Å². The number of primary amides is 1. The third kappa shape index (κ3) is 2.98. The van der Waals surface area contributed by atoms with Crippen LogP contribution in [0.2, 0.25) is 0 Å². The van der Waals surface area contributed by atoms with E-state index in [1.165, 1.54) is 0 Å². The molecule has 5 nitrogen and oxygen atoms in total. The van der Waals surface area contributed by atoms with Gasteiger partial charge in [-0.25, -0.2) is 10.2 Å². The van der Waals surface area contributed by atoms with Crippen molar-refractivity contribution in [2.75, 3.05) is 7.11 Å². The first kappa shape index (κ1) is 12.0. The van der Waals surface area contributed by atoms with Crippen LogP contribution in [0.5, 0.6) is 5.75 Å². The Morgan fingerprint density at radius 3 is 2.69 bits per heavy atom. The molecule has 0 aromatic heterocycles. The van der Waals surface area contributed by atoms with E-state index in [1.807, 2.05) is 25.1 Å². The van der Waals surface area contributed by atoms with Gasteiger partial charge in [-0.3, -0.25) is 0 Å². The van der Waals surface area contributed by atoms with Crippen LogP contribution in [0.25, 0.3) is 0 Å². The van der Waals surface area contributed by atoms with Gasteiger partial charge in [0.2, 0.25) is 0 Å². The van der Waals surface area contributed by atoms with Gasteiger partial charge in [-0.15, -0.1) is 0 Å². The smallest absolute Gasteiger partial charge is 0.332 e. The van der Waals surface area contributed by atoms with Gasteiger partial charge in [0.25, 0.3) is 0 Å². The fraction of sp³-hybridized carbons (Fsp3) is 0.273. The maximum atomic E-state index is 10.5. The molecule has 0 spiro atoms. The largest absolute Gasteiger partial charge is 0.497 e. The third-order valence-electron chi connectivity index (χ3n) is 2.16. The van der Waals surface area contributed by atoms with Crippen LogP contribution in [0.15, 0.2) is 23.3 Å². The van der Waals surface area contributed by atoms with Crippen molar-refractivity contribution in [2.24, 2.45) is 10.8 Å². The minimum Gasteiger partial charge on any atom is -0.497 e. The predicted molar refractivity (Wildman–Crippen MR) is 62.7 cm³/mol. The van der Waals surface area contributed by atoms with Gasteiger partial charge in [-0.1, -0.05) is 0 Å². The lowest BCUT2D eigenvalue weighted by atomic mass is 10.1. The first-order valence-corrected chi connectivity index (χ1v) is 4.79. The topological polar surface area (TPSA) is 76.7 Å².